The van der Waals surface area contributed by atoms with Crippen molar-refractivity contribution in [1.82, 2.24) is 15.1 Å². The van der Waals surface area contributed by atoms with Crippen LogP contribution in [0.2, 0.25) is 0 Å². The summed E-state index contributed by atoms with van der Waals surface area (Å²) in [7, 11) is 0. The molecule has 2 rings (SSSR count). The average Bonchev–Trinajstić information content (AvgIpc) is 2.82. The Morgan fingerprint density at radius 1 is 1.26 bits per heavy atom. The fourth-order valence-corrected chi connectivity index (χ4v) is 2.49. The van der Waals surface area contributed by atoms with Gasteiger partial charge in [0, 0.05) is 5.69 Å². The SMILES string of the molecule is Cc1cc(C)n(CC(=O)NC(c2ccccc2)C(C)C(=O)O)n1. The molecule has 6 heteroatoms. The van der Waals surface area contributed by atoms with Crippen LogP contribution in [-0.4, -0.2) is 26.8 Å². The van der Waals surface area contributed by atoms with Gasteiger partial charge in [0.05, 0.1) is 17.7 Å². The van der Waals surface area contributed by atoms with E-state index < -0.39 is 17.9 Å². The first-order valence-corrected chi connectivity index (χ1v) is 7.46. The Hall–Kier alpha value is -2.63. The summed E-state index contributed by atoms with van der Waals surface area (Å²) in [6, 6.07) is 10.4. The van der Waals surface area contributed by atoms with E-state index >= 15 is 0 Å². The maximum Gasteiger partial charge on any atom is 0.308 e. The molecule has 23 heavy (non-hydrogen) atoms. The predicted octanol–water partition coefficient (Wildman–Crippen LogP) is 2.08. The number of hydrogen-bond acceptors (Lipinski definition) is 3. The normalized spacial score (nSPS) is 13.3. The molecule has 0 aliphatic carbocycles. The van der Waals surface area contributed by atoms with Crippen LogP contribution in [0.15, 0.2) is 36.4 Å². The third kappa shape index (κ3) is 4.18. The molecule has 0 aliphatic heterocycles. The van der Waals surface area contributed by atoms with Crippen LogP contribution in [-0.2, 0) is 16.1 Å². The molecule has 0 radical (unpaired) electrons. The minimum atomic E-state index is -0.953. The molecule has 2 unspecified atom stereocenters. The lowest BCUT2D eigenvalue weighted by molar-refractivity contribution is -0.142. The second kappa shape index (κ2) is 7.09. The summed E-state index contributed by atoms with van der Waals surface area (Å²) in [5.74, 6) is -1.95. The van der Waals surface area contributed by atoms with E-state index in [1.54, 1.807) is 11.6 Å². The molecule has 1 amide bonds. The van der Waals surface area contributed by atoms with Crippen LogP contribution >= 0.6 is 0 Å². The molecule has 0 saturated carbocycles. The Bertz CT molecular complexity index is 694. The lowest BCUT2D eigenvalue weighted by atomic mass is 9.94. The molecule has 2 atom stereocenters. The Labute approximate surface area is 135 Å². The summed E-state index contributed by atoms with van der Waals surface area (Å²) in [6.07, 6.45) is 0. The van der Waals surface area contributed by atoms with Gasteiger partial charge >= 0.3 is 5.97 Å². The zero-order valence-electron chi connectivity index (χ0n) is 13.5. The summed E-state index contributed by atoms with van der Waals surface area (Å²) in [4.78, 5) is 23.7. The van der Waals surface area contributed by atoms with E-state index in [2.05, 4.69) is 10.4 Å². The highest BCUT2D eigenvalue weighted by atomic mass is 16.4. The van der Waals surface area contributed by atoms with Crippen molar-refractivity contribution in [2.45, 2.75) is 33.4 Å². The van der Waals surface area contributed by atoms with E-state index in [9.17, 15) is 14.7 Å². The van der Waals surface area contributed by atoms with Gasteiger partial charge in [0.15, 0.2) is 0 Å². The van der Waals surface area contributed by atoms with Crippen molar-refractivity contribution in [1.29, 1.82) is 0 Å². The van der Waals surface area contributed by atoms with Gasteiger partial charge in [0.1, 0.15) is 6.54 Å². The van der Waals surface area contributed by atoms with Gasteiger partial charge in [0.2, 0.25) is 5.91 Å². The van der Waals surface area contributed by atoms with Crippen LogP contribution < -0.4 is 5.32 Å². The smallest absolute Gasteiger partial charge is 0.308 e. The highest BCUT2D eigenvalue weighted by Crippen LogP contribution is 2.22. The van der Waals surface area contributed by atoms with Gasteiger partial charge in [-0.1, -0.05) is 30.3 Å². The van der Waals surface area contributed by atoms with E-state index in [1.807, 2.05) is 50.2 Å². The van der Waals surface area contributed by atoms with Crippen LogP contribution in [0.5, 0.6) is 0 Å². The minimum absolute atomic E-state index is 0.0648. The summed E-state index contributed by atoms with van der Waals surface area (Å²) < 4.78 is 1.61. The zero-order valence-corrected chi connectivity index (χ0v) is 13.5. The zero-order chi connectivity index (χ0) is 17.0. The molecule has 6 nitrogen and oxygen atoms in total. The second-order valence-corrected chi connectivity index (χ2v) is 5.67. The van der Waals surface area contributed by atoms with Crippen molar-refractivity contribution in [3.8, 4) is 0 Å². The molecular weight excluding hydrogens is 294 g/mol. The number of aryl methyl sites for hydroxylation is 2. The van der Waals surface area contributed by atoms with Crippen molar-refractivity contribution in [2.75, 3.05) is 0 Å². The van der Waals surface area contributed by atoms with Crippen LogP contribution in [0.25, 0.3) is 0 Å². The number of hydrogen-bond donors (Lipinski definition) is 2. The highest BCUT2D eigenvalue weighted by Gasteiger charge is 2.26. The van der Waals surface area contributed by atoms with Crippen LogP contribution in [0.4, 0.5) is 0 Å². The quantitative estimate of drug-likeness (QED) is 0.855. The molecule has 2 aromatic rings. The third-order valence-corrected chi connectivity index (χ3v) is 3.76. The number of carboxylic acid groups (broad SMARTS) is 1. The lowest BCUT2D eigenvalue weighted by Gasteiger charge is -2.23. The molecule has 1 heterocycles. The van der Waals surface area contributed by atoms with Crippen molar-refractivity contribution in [2.24, 2.45) is 5.92 Å². The molecule has 0 spiro atoms. The lowest BCUT2D eigenvalue weighted by Crippen LogP contribution is -2.37. The van der Waals surface area contributed by atoms with E-state index in [0.717, 1.165) is 17.0 Å². The molecule has 0 aliphatic rings. The maximum absolute atomic E-state index is 12.3. The second-order valence-electron chi connectivity index (χ2n) is 5.67. The Morgan fingerprint density at radius 3 is 2.43 bits per heavy atom. The molecular formula is C17H21N3O3. The largest absolute Gasteiger partial charge is 0.481 e. The molecule has 1 aromatic heterocycles. The Balaban J connectivity index is 2.15. The average molecular weight is 315 g/mol. The monoisotopic (exact) mass is 315 g/mol. The van der Waals surface area contributed by atoms with Gasteiger partial charge in [0.25, 0.3) is 0 Å². The van der Waals surface area contributed by atoms with Gasteiger partial charge in [-0.15, -0.1) is 0 Å². The van der Waals surface area contributed by atoms with Gasteiger partial charge < -0.3 is 10.4 Å². The number of nitrogens with one attached hydrogen (secondary N) is 1. The summed E-state index contributed by atoms with van der Waals surface area (Å²) in [5.41, 5.74) is 2.50. The number of carbonyl (C=O) groups excluding carboxylic acids is 1. The van der Waals surface area contributed by atoms with Crippen molar-refractivity contribution < 1.29 is 14.7 Å². The first-order valence-electron chi connectivity index (χ1n) is 7.46. The first kappa shape index (κ1) is 16.7. The standard InChI is InChI=1S/C17H21N3O3/c1-11-9-12(2)20(19-11)10-15(21)18-16(13(3)17(22)23)14-7-5-4-6-8-14/h4-9,13,16H,10H2,1-3H3,(H,18,21)(H,22,23). The Kier molecular flexibility index (Phi) is 5.16. The van der Waals surface area contributed by atoms with E-state index in [1.165, 1.54) is 0 Å². The van der Waals surface area contributed by atoms with Crippen LogP contribution in [0, 0.1) is 19.8 Å². The summed E-state index contributed by atoms with van der Waals surface area (Å²) >= 11 is 0. The topological polar surface area (TPSA) is 84.2 Å². The van der Waals surface area contributed by atoms with Crippen molar-refractivity contribution in [3.05, 3.63) is 53.3 Å². The number of aromatic nitrogens is 2. The van der Waals surface area contributed by atoms with Gasteiger partial charge in [-0.05, 0) is 32.4 Å². The van der Waals surface area contributed by atoms with E-state index in [0.29, 0.717) is 0 Å². The van der Waals surface area contributed by atoms with Crippen LogP contribution in [0.1, 0.15) is 29.9 Å². The maximum atomic E-state index is 12.3. The molecule has 0 fully saturated rings. The highest BCUT2D eigenvalue weighted by molar-refractivity contribution is 5.78. The van der Waals surface area contributed by atoms with Gasteiger partial charge in [-0.25, -0.2) is 0 Å². The molecule has 0 saturated heterocycles. The van der Waals surface area contributed by atoms with Gasteiger partial charge in [-0.3, -0.25) is 14.3 Å². The number of amides is 1. The fraction of sp³-hybridized carbons (Fsp3) is 0.353. The fourth-order valence-electron chi connectivity index (χ4n) is 2.49. The molecule has 122 valence electrons. The first-order chi connectivity index (χ1) is 10.9. The van der Waals surface area contributed by atoms with Gasteiger partial charge in [-0.2, -0.15) is 5.10 Å². The Morgan fingerprint density at radius 2 is 1.91 bits per heavy atom. The number of nitrogens with zero attached hydrogens (tertiary/aromatic N) is 2. The summed E-state index contributed by atoms with van der Waals surface area (Å²) in [6.45, 7) is 5.39. The molecule has 2 N–H and O–H groups in total. The number of carboxylic acids is 1. The van der Waals surface area contributed by atoms with Crippen molar-refractivity contribution >= 4 is 11.9 Å². The van der Waals surface area contributed by atoms with E-state index in [-0.39, 0.29) is 12.5 Å². The number of benzene rings is 1. The van der Waals surface area contributed by atoms with E-state index in [4.69, 9.17) is 0 Å². The van der Waals surface area contributed by atoms with Crippen LogP contribution in [0.3, 0.4) is 0 Å². The van der Waals surface area contributed by atoms with Crippen molar-refractivity contribution in [3.63, 3.8) is 0 Å². The number of rotatable bonds is 6. The minimum Gasteiger partial charge on any atom is -0.481 e. The number of aliphatic carboxylic acids is 1. The summed E-state index contributed by atoms with van der Waals surface area (Å²) in [5, 5.41) is 16.4. The predicted molar refractivity (Wildman–Crippen MR) is 85.8 cm³/mol. The molecule has 0 bridgehead atoms. The third-order valence-electron chi connectivity index (χ3n) is 3.76. The molecule has 1 aromatic carbocycles. The number of carbonyl (C=O) groups is 2.